The molecule has 0 N–H and O–H groups in total. The molecule has 2 heterocycles. The van der Waals surface area contributed by atoms with Gasteiger partial charge in [0.05, 0.1) is 11.4 Å². The third kappa shape index (κ3) is 4.19. The molecule has 2 aromatic carbocycles. The fourth-order valence-electron chi connectivity index (χ4n) is 3.71. The molecule has 0 aliphatic heterocycles. The summed E-state index contributed by atoms with van der Waals surface area (Å²) in [6, 6.07) is 19.7. The maximum Gasteiger partial charge on any atom is 0.272 e. The highest BCUT2D eigenvalue weighted by Crippen LogP contribution is 2.27. The first-order valence-corrected chi connectivity index (χ1v) is 10.6. The molecular formula is C25H25FN4O. The Hall–Kier alpha value is -3.54. The predicted molar refractivity (Wildman–Crippen MR) is 120 cm³/mol. The average molecular weight is 417 g/mol. The Morgan fingerprint density at radius 1 is 0.968 bits per heavy atom. The fourth-order valence-corrected chi connectivity index (χ4v) is 3.71. The second-order valence-electron chi connectivity index (χ2n) is 7.46. The number of benzene rings is 2. The molecule has 0 fully saturated rings. The second-order valence-corrected chi connectivity index (χ2v) is 7.46. The van der Waals surface area contributed by atoms with Gasteiger partial charge in [0.2, 0.25) is 0 Å². The summed E-state index contributed by atoms with van der Waals surface area (Å²) in [4.78, 5) is 19.7. The van der Waals surface area contributed by atoms with Gasteiger partial charge in [-0.05, 0) is 31.0 Å². The standard InChI is InChI=1S/C25H25FN4O/c1-3-14-29(15-4-2)25(31)22-16-23(19-12-8-9-13-20(19)26)30-24(27-22)17-21(28-30)18-10-6-5-7-11-18/h5-13,16-17H,3-4,14-15H2,1-2H3. The maximum absolute atomic E-state index is 14.7. The summed E-state index contributed by atoms with van der Waals surface area (Å²) in [7, 11) is 0. The monoisotopic (exact) mass is 416 g/mol. The lowest BCUT2D eigenvalue weighted by atomic mass is 10.1. The number of nitrogens with zero attached hydrogens (tertiary/aromatic N) is 4. The van der Waals surface area contributed by atoms with Gasteiger partial charge < -0.3 is 4.90 Å². The quantitative estimate of drug-likeness (QED) is 0.402. The molecule has 0 radical (unpaired) electrons. The summed E-state index contributed by atoms with van der Waals surface area (Å²) < 4.78 is 16.3. The zero-order chi connectivity index (χ0) is 21.8. The highest BCUT2D eigenvalue weighted by molar-refractivity contribution is 5.94. The molecule has 0 aliphatic carbocycles. The Bertz CT molecular complexity index is 1200. The normalized spacial score (nSPS) is 11.1. The van der Waals surface area contributed by atoms with Gasteiger partial charge >= 0.3 is 0 Å². The Balaban J connectivity index is 1.91. The first-order valence-electron chi connectivity index (χ1n) is 10.6. The minimum absolute atomic E-state index is 0.147. The number of carbonyl (C=O) groups excluding carboxylic acids is 1. The molecule has 5 nitrogen and oxygen atoms in total. The largest absolute Gasteiger partial charge is 0.337 e. The molecule has 0 atom stereocenters. The van der Waals surface area contributed by atoms with Crippen molar-refractivity contribution < 1.29 is 9.18 Å². The first kappa shape index (κ1) is 20.7. The highest BCUT2D eigenvalue weighted by atomic mass is 19.1. The van der Waals surface area contributed by atoms with Crippen molar-refractivity contribution in [3.05, 3.63) is 78.2 Å². The van der Waals surface area contributed by atoms with E-state index >= 15 is 0 Å². The minimum atomic E-state index is -0.371. The Kier molecular flexibility index (Phi) is 6.07. The van der Waals surface area contributed by atoms with Gasteiger partial charge in [0.1, 0.15) is 11.5 Å². The topological polar surface area (TPSA) is 50.5 Å². The smallest absolute Gasteiger partial charge is 0.272 e. The van der Waals surface area contributed by atoms with E-state index in [1.807, 2.05) is 50.2 Å². The summed E-state index contributed by atoms with van der Waals surface area (Å²) >= 11 is 0. The van der Waals surface area contributed by atoms with Gasteiger partial charge in [0, 0.05) is 30.3 Å². The first-order chi connectivity index (χ1) is 15.1. The number of carbonyl (C=O) groups is 1. The van der Waals surface area contributed by atoms with E-state index in [9.17, 15) is 9.18 Å². The van der Waals surface area contributed by atoms with Crippen molar-refractivity contribution in [1.29, 1.82) is 0 Å². The lowest BCUT2D eigenvalue weighted by molar-refractivity contribution is 0.0750. The lowest BCUT2D eigenvalue weighted by Crippen LogP contribution is -2.33. The molecule has 0 spiro atoms. The summed E-state index contributed by atoms with van der Waals surface area (Å²) in [6.45, 7) is 5.40. The summed E-state index contributed by atoms with van der Waals surface area (Å²) in [5, 5.41) is 4.68. The number of hydrogen-bond donors (Lipinski definition) is 0. The van der Waals surface area contributed by atoms with E-state index in [-0.39, 0.29) is 11.7 Å². The number of halogens is 1. The third-order valence-electron chi connectivity index (χ3n) is 5.14. The second kappa shape index (κ2) is 9.08. The van der Waals surface area contributed by atoms with Gasteiger partial charge in [-0.15, -0.1) is 0 Å². The third-order valence-corrected chi connectivity index (χ3v) is 5.14. The molecule has 0 unspecified atom stereocenters. The van der Waals surface area contributed by atoms with E-state index in [0.717, 1.165) is 18.4 Å². The SMILES string of the molecule is CCCN(CCC)C(=O)c1cc(-c2ccccc2F)n2nc(-c3ccccc3)cc2n1. The van der Waals surface area contributed by atoms with Crippen molar-refractivity contribution in [2.45, 2.75) is 26.7 Å². The molecular weight excluding hydrogens is 391 g/mol. The van der Waals surface area contributed by atoms with Crippen molar-refractivity contribution in [3.8, 4) is 22.5 Å². The zero-order valence-electron chi connectivity index (χ0n) is 17.8. The van der Waals surface area contributed by atoms with Gasteiger partial charge in [0.15, 0.2) is 5.65 Å². The van der Waals surface area contributed by atoms with Crippen molar-refractivity contribution in [3.63, 3.8) is 0 Å². The zero-order valence-corrected chi connectivity index (χ0v) is 17.8. The minimum Gasteiger partial charge on any atom is -0.337 e. The van der Waals surface area contributed by atoms with Gasteiger partial charge in [-0.3, -0.25) is 4.79 Å². The molecule has 0 saturated carbocycles. The van der Waals surface area contributed by atoms with Crippen LogP contribution in [-0.2, 0) is 0 Å². The summed E-state index contributed by atoms with van der Waals surface area (Å²) in [6.07, 6.45) is 1.72. The Morgan fingerprint density at radius 3 is 2.32 bits per heavy atom. The van der Waals surface area contributed by atoms with Crippen LogP contribution in [0.1, 0.15) is 37.2 Å². The van der Waals surface area contributed by atoms with Crippen LogP contribution in [0.3, 0.4) is 0 Å². The molecule has 1 amide bonds. The van der Waals surface area contributed by atoms with E-state index in [4.69, 9.17) is 0 Å². The Morgan fingerprint density at radius 2 is 1.65 bits per heavy atom. The molecule has 0 saturated heterocycles. The van der Waals surface area contributed by atoms with Gasteiger partial charge in [-0.1, -0.05) is 56.3 Å². The van der Waals surface area contributed by atoms with Crippen LogP contribution < -0.4 is 0 Å². The van der Waals surface area contributed by atoms with Crippen molar-refractivity contribution in [1.82, 2.24) is 19.5 Å². The van der Waals surface area contributed by atoms with Crippen LogP contribution in [0.25, 0.3) is 28.2 Å². The molecule has 2 aromatic heterocycles. The van der Waals surface area contributed by atoms with Crippen molar-refractivity contribution >= 4 is 11.6 Å². The number of hydrogen-bond acceptors (Lipinski definition) is 3. The van der Waals surface area contributed by atoms with Crippen molar-refractivity contribution in [2.75, 3.05) is 13.1 Å². The fraction of sp³-hybridized carbons (Fsp3) is 0.240. The molecule has 31 heavy (non-hydrogen) atoms. The van der Waals surface area contributed by atoms with Crippen molar-refractivity contribution in [2.24, 2.45) is 0 Å². The van der Waals surface area contributed by atoms with Crippen LogP contribution in [0, 0.1) is 5.82 Å². The number of amides is 1. The van der Waals surface area contributed by atoms with E-state index in [1.54, 1.807) is 33.7 Å². The van der Waals surface area contributed by atoms with E-state index < -0.39 is 0 Å². The predicted octanol–water partition coefficient (Wildman–Crippen LogP) is 5.46. The molecule has 4 rings (SSSR count). The molecule has 0 bridgehead atoms. The maximum atomic E-state index is 14.7. The van der Waals surface area contributed by atoms with Crippen LogP contribution in [-0.4, -0.2) is 38.5 Å². The lowest BCUT2D eigenvalue weighted by Gasteiger charge is -2.21. The summed E-state index contributed by atoms with van der Waals surface area (Å²) in [5.74, 6) is -0.518. The number of aromatic nitrogens is 3. The van der Waals surface area contributed by atoms with Gasteiger partial charge in [0.25, 0.3) is 5.91 Å². The van der Waals surface area contributed by atoms with E-state index in [1.165, 1.54) is 6.07 Å². The van der Waals surface area contributed by atoms with Crippen LogP contribution >= 0.6 is 0 Å². The number of rotatable bonds is 7. The molecule has 0 aliphatic rings. The molecule has 158 valence electrons. The number of fused-ring (bicyclic) bond motifs is 1. The Labute approximate surface area is 181 Å². The van der Waals surface area contributed by atoms with Crippen LogP contribution in [0.5, 0.6) is 0 Å². The van der Waals surface area contributed by atoms with Crippen LogP contribution in [0.4, 0.5) is 4.39 Å². The van der Waals surface area contributed by atoms with Crippen LogP contribution in [0.2, 0.25) is 0 Å². The molecule has 4 aromatic rings. The van der Waals surface area contributed by atoms with E-state index in [2.05, 4.69) is 10.1 Å². The average Bonchev–Trinajstić information content (AvgIpc) is 3.23. The summed E-state index contributed by atoms with van der Waals surface area (Å²) in [5.41, 5.74) is 3.34. The van der Waals surface area contributed by atoms with Gasteiger partial charge in [-0.2, -0.15) is 5.10 Å². The highest BCUT2D eigenvalue weighted by Gasteiger charge is 2.21. The van der Waals surface area contributed by atoms with Crippen LogP contribution in [0.15, 0.2) is 66.7 Å². The molecule has 6 heteroatoms. The van der Waals surface area contributed by atoms with Gasteiger partial charge in [-0.25, -0.2) is 13.9 Å². The van der Waals surface area contributed by atoms with E-state index in [0.29, 0.717) is 41.4 Å².